The van der Waals surface area contributed by atoms with Crippen molar-refractivity contribution in [2.75, 3.05) is 6.26 Å². The van der Waals surface area contributed by atoms with E-state index < -0.39 is 10.8 Å². The monoisotopic (exact) mass is 218 g/mol. The molecule has 0 aliphatic heterocycles. The van der Waals surface area contributed by atoms with Crippen LogP contribution in [-0.2, 0) is 17.3 Å². The van der Waals surface area contributed by atoms with Crippen LogP contribution in [0.1, 0.15) is 13.3 Å². The second-order valence-electron chi connectivity index (χ2n) is 3.06. The highest BCUT2D eigenvalue weighted by Gasteiger charge is 2.05. The van der Waals surface area contributed by atoms with E-state index in [1.165, 1.54) is 0 Å². The second kappa shape index (κ2) is 4.72. The molecule has 1 heterocycles. The number of aryl methyl sites for hydroxylation is 1. The average molecular weight is 218 g/mol. The molecule has 0 saturated carbocycles. The number of aromatic nitrogens is 2. The van der Waals surface area contributed by atoms with Crippen molar-refractivity contribution >= 4 is 23.0 Å². The third-order valence-electron chi connectivity index (χ3n) is 2.07. The molecule has 1 rings (SSSR count). The van der Waals surface area contributed by atoms with E-state index in [0.717, 1.165) is 17.7 Å². The normalized spacial score (nSPS) is 15.5. The lowest BCUT2D eigenvalue weighted by atomic mass is 10.3. The number of hydrogen-bond donors (Lipinski definition) is 1. The number of aromatic amines is 1. The van der Waals surface area contributed by atoms with Crippen molar-refractivity contribution in [3.05, 3.63) is 17.2 Å². The minimum atomic E-state index is -0.736. The van der Waals surface area contributed by atoms with Crippen LogP contribution in [-0.4, -0.2) is 25.3 Å². The summed E-state index contributed by atoms with van der Waals surface area (Å²) < 4.78 is 13.7. The van der Waals surface area contributed by atoms with Crippen molar-refractivity contribution in [2.24, 2.45) is 0 Å². The Morgan fingerprint density at radius 2 is 2.46 bits per heavy atom. The molecule has 0 aliphatic carbocycles. The maximum absolute atomic E-state index is 11.1. The molecule has 1 aromatic heterocycles. The largest absolute Gasteiger partial charge is 0.337 e. The molecule has 0 fully saturated rings. The van der Waals surface area contributed by atoms with Crippen molar-refractivity contribution in [1.82, 2.24) is 9.55 Å². The van der Waals surface area contributed by atoms with Gasteiger partial charge in [0.1, 0.15) is 0 Å². The van der Waals surface area contributed by atoms with Gasteiger partial charge in [0.25, 0.3) is 0 Å². The standard InChI is InChI=1S/C8H14N2OS2/c1-7(13(2)11)3-5-10-6-4-9-8(10)12/h4,6-7H,3,5H2,1-2H3,(H,9,12). The van der Waals surface area contributed by atoms with Crippen LogP contribution in [0.3, 0.4) is 0 Å². The summed E-state index contributed by atoms with van der Waals surface area (Å²) in [4.78, 5) is 2.92. The first-order chi connectivity index (χ1) is 6.11. The Bertz CT molecular complexity index is 342. The van der Waals surface area contributed by atoms with Crippen LogP contribution in [0.5, 0.6) is 0 Å². The van der Waals surface area contributed by atoms with E-state index in [-0.39, 0.29) is 5.25 Å². The molecule has 0 aliphatic rings. The van der Waals surface area contributed by atoms with Gasteiger partial charge in [-0.3, -0.25) is 4.21 Å². The SMILES string of the molecule is CC(CCn1cc[nH]c1=S)S(C)=O. The van der Waals surface area contributed by atoms with Crippen molar-refractivity contribution in [3.8, 4) is 0 Å². The zero-order chi connectivity index (χ0) is 9.84. The van der Waals surface area contributed by atoms with E-state index >= 15 is 0 Å². The number of nitrogens with zero attached hydrogens (tertiary/aromatic N) is 1. The van der Waals surface area contributed by atoms with Gasteiger partial charge in [-0.05, 0) is 18.6 Å². The van der Waals surface area contributed by atoms with Crippen LogP contribution in [0.4, 0.5) is 0 Å². The fourth-order valence-corrected chi connectivity index (χ4v) is 1.67. The van der Waals surface area contributed by atoms with Gasteiger partial charge < -0.3 is 9.55 Å². The highest BCUT2D eigenvalue weighted by Crippen LogP contribution is 2.02. The molecule has 2 unspecified atom stereocenters. The average Bonchev–Trinajstić information content (AvgIpc) is 2.47. The second-order valence-corrected chi connectivity index (χ2v) is 5.25. The smallest absolute Gasteiger partial charge is 0.177 e. The maximum atomic E-state index is 11.1. The Morgan fingerprint density at radius 1 is 1.77 bits per heavy atom. The van der Waals surface area contributed by atoms with Crippen LogP contribution in [0, 0.1) is 4.77 Å². The third kappa shape index (κ3) is 3.08. The molecule has 74 valence electrons. The molecule has 0 spiro atoms. The summed E-state index contributed by atoms with van der Waals surface area (Å²) in [6.45, 7) is 2.83. The molecule has 0 amide bonds. The zero-order valence-corrected chi connectivity index (χ0v) is 9.45. The lowest BCUT2D eigenvalue weighted by Gasteiger charge is -2.07. The molecular weight excluding hydrogens is 204 g/mol. The Kier molecular flexibility index (Phi) is 3.87. The van der Waals surface area contributed by atoms with Crippen LogP contribution >= 0.6 is 12.2 Å². The van der Waals surface area contributed by atoms with Gasteiger partial charge >= 0.3 is 0 Å². The molecule has 1 N–H and O–H groups in total. The molecule has 5 heteroatoms. The summed E-state index contributed by atoms with van der Waals surface area (Å²) in [5, 5.41) is 0.233. The summed E-state index contributed by atoms with van der Waals surface area (Å²) in [5.74, 6) is 0. The molecule has 0 saturated heterocycles. The summed E-state index contributed by atoms with van der Waals surface area (Å²) in [7, 11) is -0.736. The third-order valence-corrected chi connectivity index (χ3v) is 3.79. The lowest BCUT2D eigenvalue weighted by molar-refractivity contribution is 0.614. The lowest BCUT2D eigenvalue weighted by Crippen LogP contribution is -2.12. The predicted octanol–water partition coefficient (Wildman–Crippen LogP) is 1.70. The summed E-state index contributed by atoms with van der Waals surface area (Å²) >= 11 is 5.03. The molecule has 0 radical (unpaired) electrons. The Labute approximate surface area is 85.6 Å². The quantitative estimate of drug-likeness (QED) is 0.781. The first-order valence-corrected chi connectivity index (χ1v) is 6.20. The van der Waals surface area contributed by atoms with Crippen molar-refractivity contribution in [3.63, 3.8) is 0 Å². The van der Waals surface area contributed by atoms with Gasteiger partial charge in [0, 0.05) is 41.2 Å². The number of hydrogen-bond acceptors (Lipinski definition) is 2. The molecule has 2 atom stereocenters. The predicted molar refractivity (Wildman–Crippen MR) is 57.8 cm³/mol. The van der Waals surface area contributed by atoms with Crippen molar-refractivity contribution in [1.29, 1.82) is 0 Å². The maximum Gasteiger partial charge on any atom is 0.177 e. The van der Waals surface area contributed by atoms with Crippen LogP contribution in [0.15, 0.2) is 12.4 Å². The van der Waals surface area contributed by atoms with E-state index in [0.29, 0.717) is 0 Å². The minimum Gasteiger partial charge on any atom is -0.337 e. The summed E-state index contributed by atoms with van der Waals surface area (Å²) in [6.07, 6.45) is 6.36. The fourth-order valence-electron chi connectivity index (χ4n) is 1.01. The summed E-state index contributed by atoms with van der Waals surface area (Å²) in [5.41, 5.74) is 0. The molecular formula is C8H14N2OS2. The van der Waals surface area contributed by atoms with E-state index in [4.69, 9.17) is 12.2 Å². The molecule has 0 bridgehead atoms. The van der Waals surface area contributed by atoms with Gasteiger partial charge in [-0.1, -0.05) is 6.92 Å². The molecule has 1 aromatic rings. The van der Waals surface area contributed by atoms with Gasteiger partial charge in [-0.15, -0.1) is 0 Å². The van der Waals surface area contributed by atoms with E-state index in [2.05, 4.69) is 4.98 Å². The van der Waals surface area contributed by atoms with E-state index in [1.807, 2.05) is 23.9 Å². The Balaban J connectivity index is 2.48. The molecule has 13 heavy (non-hydrogen) atoms. The van der Waals surface area contributed by atoms with Crippen LogP contribution < -0.4 is 0 Å². The minimum absolute atomic E-state index is 0.233. The number of nitrogens with one attached hydrogen (secondary N) is 1. The topological polar surface area (TPSA) is 37.8 Å². The fraction of sp³-hybridized carbons (Fsp3) is 0.625. The van der Waals surface area contributed by atoms with Gasteiger partial charge in [-0.25, -0.2) is 0 Å². The molecule has 0 aromatic carbocycles. The van der Waals surface area contributed by atoms with Crippen molar-refractivity contribution < 1.29 is 4.21 Å². The highest BCUT2D eigenvalue weighted by atomic mass is 32.2. The van der Waals surface area contributed by atoms with Gasteiger partial charge in [0.15, 0.2) is 4.77 Å². The van der Waals surface area contributed by atoms with Gasteiger partial charge in [-0.2, -0.15) is 0 Å². The number of rotatable bonds is 4. The van der Waals surface area contributed by atoms with Gasteiger partial charge in [0.2, 0.25) is 0 Å². The Hall–Kier alpha value is -0.420. The first kappa shape index (κ1) is 10.7. The van der Waals surface area contributed by atoms with Crippen molar-refractivity contribution in [2.45, 2.75) is 25.1 Å². The highest BCUT2D eigenvalue weighted by molar-refractivity contribution is 7.84. The van der Waals surface area contributed by atoms with E-state index in [9.17, 15) is 4.21 Å². The van der Waals surface area contributed by atoms with Crippen LogP contribution in [0.25, 0.3) is 0 Å². The number of H-pyrrole nitrogens is 1. The number of imidazole rings is 1. The first-order valence-electron chi connectivity index (χ1n) is 4.17. The molecule has 3 nitrogen and oxygen atoms in total. The Morgan fingerprint density at radius 3 is 2.92 bits per heavy atom. The summed E-state index contributed by atoms with van der Waals surface area (Å²) in [6, 6.07) is 0. The van der Waals surface area contributed by atoms with Gasteiger partial charge in [0.05, 0.1) is 0 Å². The van der Waals surface area contributed by atoms with E-state index in [1.54, 1.807) is 6.26 Å². The zero-order valence-electron chi connectivity index (χ0n) is 7.82. The van der Waals surface area contributed by atoms with Crippen LogP contribution in [0.2, 0.25) is 0 Å².